The molecule has 0 amide bonds. The van der Waals surface area contributed by atoms with E-state index in [1.807, 2.05) is 14.0 Å². The molecular formula is C12H16F3N. The Morgan fingerprint density at radius 1 is 1.25 bits per heavy atom. The van der Waals surface area contributed by atoms with Crippen LogP contribution in [-0.4, -0.2) is 25.0 Å². The quantitative estimate of drug-likeness (QED) is 0.769. The van der Waals surface area contributed by atoms with Crippen LogP contribution in [0.1, 0.15) is 18.1 Å². The second kappa shape index (κ2) is 5.34. The van der Waals surface area contributed by atoms with E-state index >= 15 is 0 Å². The highest BCUT2D eigenvalue weighted by molar-refractivity contribution is 5.25. The van der Waals surface area contributed by atoms with Crippen molar-refractivity contribution in [1.82, 2.24) is 4.90 Å². The molecule has 0 aliphatic carbocycles. The van der Waals surface area contributed by atoms with Gasteiger partial charge < -0.3 is 4.90 Å². The molecule has 0 spiro atoms. The van der Waals surface area contributed by atoms with E-state index in [0.29, 0.717) is 6.42 Å². The number of rotatable bonds is 4. The van der Waals surface area contributed by atoms with Crippen LogP contribution in [-0.2, 0) is 12.6 Å². The molecule has 4 heteroatoms. The Labute approximate surface area is 93.9 Å². The lowest BCUT2D eigenvalue weighted by Gasteiger charge is -2.14. The fourth-order valence-corrected chi connectivity index (χ4v) is 1.38. The largest absolute Gasteiger partial charge is 0.416 e. The highest BCUT2D eigenvalue weighted by atomic mass is 19.4. The third kappa shape index (κ3) is 3.85. The average molecular weight is 231 g/mol. The standard InChI is InChI=1S/C12H16F3N/c1-3-16(2)8-7-10-5-4-6-11(9-10)12(13,14)15/h4-6,9H,3,7-8H2,1-2H3. The number of likely N-dealkylation sites (N-methyl/N-ethyl adjacent to an activating group) is 1. The minimum atomic E-state index is -4.24. The highest BCUT2D eigenvalue weighted by Crippen LogP contribution is 2.29. The van der Waals surface area contributed by atoms with Crippen LogP contribution in [0.4, 0.5) is 13.2 Å². The summed E-state index contributed by atoms with van der Waals surface area (Å²) in [5.41, 5.74) is 0.166. The van der Waals surface area contributed by atoms with E-state index in [1.54, 1.807) is 6.07 Å². The molecule has 0 bridgehead atoms. The lowest BCUT2D eigenvalue weighted by atomic mass is 10.1. The van der Waals surface area contributed by atoms with Crippen LogP contribution in [0, 0.1) is 0 Å². The topological polar surface area (TPSA) is 3.24 Å². The van der Waals surface area contributed by atoms with Crippen LogP contribution < -0.4 is 0 Å². The van der Waals surface area contributed by atoms with E-state index in [9.17, 15) is 13.2 Å². The van der Waals surface area contributed by atoms with E-state index in [4.69, 9.17) is 0 Å². The van der Waals surface area contributed by atoms with Crippen molar-refractivity contribution in [2.75, 3.05) is 20.1 Å². The summed E-state index contributed by atoms with van der Waals surface area (Å²) in [4.78, 5) is 2.07. The Bertz CT molecular complexity index is 333. The summed E-state index contributed by atoms with van der Waals surface area (Å²) in [6, 6.07) is 5.53. The monoisotopic (exact) mass is 231 g/mol. The molecule has 1 rings (SSSR count). The summed E-state index contributed by atoms with van der Waals surface area (Å²) in [6.45, 7) is 3.70. The molecule has 0 fully saturated rings. The van der Waals surface area contributed by atoms with Crippen molar-refractivity contribution in [2.24, 2.45) is 0 Å². The van der Waals surface area contributed by atoms with Gasteiger partial charge in [-0.15, -0.1) is 0 Å². The van der Waals surface area contributed by atoms with Gasteiger partial charge in [0.05, 0.1) is 5.56 Å². The number of hydrogen-bond donors (Lipinski definition) is 0. The summed E-state index contributed by atoms with van der Waals surface area (Å²) in [5.74, 6) is 0. The van der Waals surface area contributed by atoms with Gasteiger partial charge in [0.2, 0.25) is 0 Å². The minimum Gasteiger partial charge on any atom is -0.306 e. The van der Waals surface area contributed by atoms with Crippen LogP contribution in [0.5, 0.6) is 0 Å². The van der Waals surface area contributed by atoms with E-state index in [0.717, 1.165) is 24.7 Å². The first kappa shape index (κ1) is 13.0. The molecule has 0 saturated carbocycles. The Balaban J connectivity index is 2.68. The molecule has 0 aromatic heterocycles. The molecule has 1 nitrogen and oxygen atoms in total. The Hall–Kier alpha value is -1.03. The summed E-state index contributed by atoms with van der Waals surface area (Å²) in [7, 11) is 1.95. The molecular weight excluding hydrogens is 215 g/mol. The fourth-order valence-electron chi connectivity index (χ4n) is 1.38. The zero-order valence-corrected chi connectivity index (χ0v) is 9.51. The second-order valence-corrected chi connectivity index (χ2v) is 3.84. The van der Waals surface area contributed by atoms with Gasteiger partial charge in [-0.1, -0.05) is 25.1 Å². The van der Waals surface area contributed by atoms with Gasteiger partial charge in [0.1, 0.15) is 0 Å². The zero-order chi connectivity index (χ0) is 12.2. The number of alkyl halides is 3. The smallest absolute Gasteiger partial charge is 0.306 e. The summed E-state index contributed by atoms with van der Waals surface area (Å²) in [6.07, 6.45) is -3.60. The molecule has 0 N–H and O–H groups in total. The summed E-state index contributed by atoms with van der Waals surface area (Å²) < 4.78 is 37.3. The normalized spacial score (nSPS) is 12.1. The van der Waals surface area contributed by atoms with E-state index in [-0.39, 0.29) is 0 Å². The molecule has 0 heterocycles. The lowest BCUT2D eigenvalue weighted by Crippen LogP contribution is -2.20. The van der Waals surface area contributed by atoms with Gasteiger partial charge in [0.15, 0.2) is 0 Å². The first-order valence-corrected chi connectivity index (χ1v) is 5.28. The minimum absolute atomic E-state index is 0.566. The maximum absolute atomic E-state index is 12.4. The van der Waals surface area contributed by atoms with Crippen molar-refractivity contribution in [1.29, 1.82) is 0 Å². The number of benzene rings is 1. The van der Waals surface area contributed by atoms with Gasteiger partial charge in [0, 0.05) is 6.54 Å². The molecule has 0 atom stereocenters. The van der Waals surface area contributed by atoms with E-state index in [2.05, 4.69) is 4.90 Å². The SMILES string of the molecule is CCN(C)CCc1cccc(C(F)(F)F)c1. The second-order valence-electron chi connectivity index (χ2n) is 3.84. The zero-order valence-electron chi connectivity index (χ0n) is 9.51. The third-order valence-electron chi connectivity index (χ3n) is 2.58. The van der Waals surface area contributed by atoms with Crippen LogP contribution in [0.25, 0.3) is 0 Å². The summed E-state index contributed by atoms with van der Waals surface area (Å²) in [5, 5.41) is 0. The van der Waals surface area contributed by atoms with Crippen LogP contribution in [0.2, 0.25) is 0 Å². The predicted octanol–water partition coefficient (Wildman–Crippen LogP) is 3.20. The van der Waals surface area contributed by atoms with Crippen molar-refractivity contribution in [3.8, 4) is 0 Å². The van der Waals surface area contributed by atoms with Gasteiger partial charge in [-0.05, 0) is 31.6 Å². The first-order chi connectivity index (χ1) is 7.43. The van der Waals surface area contributed by atoms with Crippen molar-refractivity contribution in [3.63, 3.8) is 0 Å². The van der Waals surface area contributed by atoms with Crippen molar-refractivity contribution in [2.45, 2.75) is 19.5 Å². The molecule has 0 unspecified atom stereocenters. The summed E-state index contributed by atoms with van der Waals surface area (Å²) >= 11 is 0. The first-order valence-electron chi connectivity index (χ1n) is 5.28. The van der Waals surface area contributed by atoms with Gasteiger partial charge in [0.25, 0.3) is 0 Å². The van der Waals surface area contributed by atoms with Gasteiger partial charge in [-0.25, -0.2) is 0 Å². The molecule has 0 saturated heterocycles. The Morgan fingerprint density at radius 3 is 2.50 bits per heavy atom. The van der Waals surface area contributed by atoms with Gasteiger partial charge in [-0.2, -0.15) is 13.2 Å². The third-order valence-corrected chi connectivity index (χ3v) is 2.58. The molecule has 0 aliphatic heterocycles. The number of halogens is 3. The molecule has 1 aromatic rings. The maximum Gasteiger partial charge on any atom is 0.416 e. The Kier molecular flexibility index (Phi) is 4.35. The maximum atomic E-state index is 12.4. The number of hydrogen-bond acceptors (Lipinski definition) is 1. The molecule has 1 aromatic carbocycles. The van der Waals surface area contributed by atoms with Gasteiger partial charge >= 0.3 is 6.18 Å². The van der Waals surface area contributed by atoms with Crippen LogP contribution >= 0.6 is 0 Å². The Morgan fingerprint density at radius 2 is 1.94 bits per heavy atom. The molecule has 0 aliphatic rings. The van der Waals surface area contributed by atoms with Crippen molar-refractivity contribution < 1.29 is 13.2 Å². The van der Waals surface area contributed by atoms with Gasteiger partial charge in [-0.3, -0.25) is 0 Å². The average Bonchev–Trinajstić information content (AvgIpc) is 2.25. The van der Waals surface area contributed by atoms with E-state index in [1.165, 1.54) is 12.1 Å². The predicted molar refractivity (Wildman–Crippen MR) is 58.3 cm³/mol. The van der Waals surface area contributed by atoms with Crippen LogP contribution in [0.3, 0.4) is 0 Å². The van der Waals surface area contributed by atoms with Crippen molar-refractivity contribution >= 4 is 0 Å². The van der Waals surface area contributed by atoms with Crippen LogP contribution in [0.15, 0.2) is 24.3 Å². The lowest BCUT2D eigenvalue weighted by molar-refractivity contribution is -0.137. The number of nitrogens with zero attached hydrogens (tertiary/aromatic N) is 1. The van der Waals surface area contributed by atoms with Crippen molar-refractivity contribution in [3.05, 3.63) is 35.4 Å². The molecule has 16 heavy (non-hydrogen) atoms. The fraction of sp³-hybridized carbons (Fsp3) is 0.500. The molecule has 90 valence electrons. The highest BCUT2D eigenvalue weighted by Gasteiger charge is 2.30. The molecule has 0 radical (unpaired) electrons. The van der Waals surface area contributed by atoms with E-state index < -0.39 is 11.7 Å².